The lowest BCUT2D eigenvalue weighted by molar-refractivity contribution is -0.147. The van der Waals surface area contributed by atoms with E-state index in [1.807, 2.05) is 0 Å². The molecule has 0 aromatic heterocycles. The summed E-state index contributed by atoms with van der Waals surface area (Å²) in [6, 6.07) is 0. The van der Waals surface area contributed by atoms with Crippen LogP contribution < -0.4 is 11.1 Å². The van der Waals surface area contributed by atoms with Crippen molar-refractivity contribution in [2.24, 2.45) is 11.1 Å². The Bertz CT molecular complexity index is 312. The molecule has 19 heavy (non-hydrogen) atoms. The maximum Gasteiger partial charge on any atom is 0.307 e. The van der Waals surface area contributed by atoms with Crippen LogP contribution in [0.15, 0.2) is 0 Å². The van der Waals surface area contributed by atoms with Crippen LogP contribution in [0, 0.1) is 5.41 Å². The van der Waals surface area contributed by atoms with E-state index >= 15 is 0 Å². The average Bonchev–Trinajstić information content (AvgIpc) is 2.38. The van der Waals surface area contributed by atoms with Gasteiger partial charge < -0.3 is 20.5 Å². The van der Waals surface area contributed by atoms with Gasteiger partial charge in [-0.3, -0.25) is 9.59 Å². The molecule has 0 aromatic carbocycles. The molecule has 6 heteroatoms. The number of esters is 1. The molecule has 1 saturated heterocycles. The zero-order valence-corrected chi connectivity index (χ0v) is 11.7. The molecule has 1 heterocycles. The van der Waals surface area contributed by atoms with Gasteiger partial charge in [0.25, 0.3) is 0 Å². The first-order valence-corrected chi connectivity index (χ1v) is 6.76. The highest BCUT2D eigenvalue weighted by molar-refractivity contribution is 5.83. The second-order valence-corrected chi connectivity index (χ2v) is 5.14. The molecular formula is C13H24N2O4. The summed E-state index contributed by atoms with van der Waals surface area (Å²) < 4.78 is 10.2. The van der Waals surface area contributed by atoms with Crippen molar-refractivity contribution in [1.82, 2.24) is 5.32 Å². The van der Waals surface area contributed by atoms with Crippen molar-refractivity contribution in [3.05, 3.63) is 0 Å². The third-order valence-electron chi connectivity index (χ3n) is 3.30. The number of nitrogens with two attached hydrogens (primary N) is 1. The Kier molecular flexibility index (Phi) is 6.24. The van der Waals surface area contributed by atoms with Crippen molar-refractivity contribution < 1.29 is 19.1 Å². The maximum atomic E-state index is 12.2. The van der Waals surface area contributed by atoms with Crippen molar-refractivity contribution in [1.29, 1.82) is 0 Å². The summed E-state index contributed by atoms with van der Waals surface area (Å²) in [5.74, 6) is -0.389. The van der Waals surface area contributed by atoms with Gasteiger partial charge in [0.2, 0.25) is 5.91 Å². The van der Waals surface area contributed by atoms with Gasteiger partial charge >= 0.3 is 5.97 Å². The van der Waals surface area contributed by atoms with E-state index in [1.165, 1.54) is 0 Å². The Morgan fingerprint density at radius 1 is 1.37 bits per heavy atom. The Hall–Kier alpha value is -1.14. The monoisotopic (exact) mass is 272 g/mol. The smallest absolute Gasteiger partial charge is 0.307 e. The molecule has 3 N–H and O–H groups in total. The molecule has 1 aliphatic rings. The van der Waals surface area contributed by atoms with Crippen molar-refractivity contribution in [2.45, 2.75) is 39.2 Å². The summed E-state index contributed by atoms with van der Waals surface area (Å²) in [7, 11) is 0. The van der Waals surface area contributed by atoms with Crippen LogP contribution in [0.1, 0.15) is 33.1 Å². The molecule has 1 rings (SSSR count). The van der Waals surface area contributed by atoms with E-state index in [-0.39, 0.29) is 30.9 Å². The average molecular weight is 272 g/mol. The number of carbonyl (C=O) groups is 2. The van der Waals surface area contributed by atoms with Crippen LogP contribution in [0.4, 0.5) is 0 Å². The van der Waals surface area contributed by atoms with Gasteiger partial charge in [0.1, 0.15) is 0 Å². The summed E-state index contributed by atoms with van der Waals surface area (Å²) in [6.45, 7) is 5.29. The minimum Gasteiger partial charge on any atom is -0.463 e. The van der Waals surface area contributed by atoms with Crippen molar-refractivity contribution in [3.63, 3.8) is 0 Å². The van der Waals surface area contributed by atoms with Crippen LogP contribution in [0.25, 0.3) is 0 Å². The van der Waals surface area contributed by atoms with E-state index in [0.29, 0.717) is 32.6 Å². The molecular weight excluding hydrogens is 248 g/mol. The molecule has 1 fully saturated rings. The standard InChI is InChI=1S/C13H24N2O4/c1-10(2)19-11(16)3-6-15-12(17)13(9-14)4-7-18-8-5-13/h10H,3-9,14H2,1-2H3,(H,15,17). The molecule has 0 unspecified atom stereocenters. The number of ether oxygens (including phenoxy) is 2. The van der Waals surface area contributed by atoms with Gasteiger partial charge in [-0.2, -0.15) is 0 Å². The van der Waals surface area contributed by atoms with Crippen LogP contribution in [0.5, 0.6) is 0 Å². The Labute approximate surface area is 114 Å². The van der Waals surface area contributed by atoms with Gasteiger partial charge in [-0.05, 0) is 26.7 Å². The summed E-state index contributed by atoms with van der Waals surface area (Å²) >= 11 is 0. The first kappa shape index (κ1) is 15.9. The number of hydrogen-bond acceptors (Lipinski definition) is 5. The third-order valence-corrected chi connectivity index (χ3v) is 3.30. The minimum absolute atomic E-state index is 0.0874. The highest BCUT2D eigenvalue weighted by atomic mass is 16.5. The number of carbonyl (C=O) groups excluding carboxylic acids is 2. The second kappa shape index (κ2) is 7.45. The summed E-state index contributed by atoms with van der Waals surface area (Å²) in [4.78, 5) is 23.5. The maximum absolute atomic E-state index is 12.2. The van der Waals surface area contributed by atoms with E-state index in [9.17, 15) is 9.59 Å². The van der Waals surface area contributed by atoms with Crippen LogP contribution >= 0.6 is 0 Å². The molecule has 0 radical (unpaired) electrons. The fraction of sp³-hybridized carbons (Fsp3) is 0.846. The molecule has 110 valence electrons. The normalized spacial score (nSPS) is 18.1. The van der Waals surface area contributed by atoms with Gasteiger partial charge in [-0.15, -0.1) is 0 Å². The fourth-order valence-corrected chi connectivity index (χ4v) is 2.07. The molecule has 1 aliphatic heterocycles. The lowest BCUT2D eigenvalue weighted by atomic mass is 9.79. The topological polar surface area (TPSA) is 90.7 Å². The Balaban J connectivity index is 2.35. The molecule has 0 aliphatic carbocycles. The van der Waals surface area contributed by atoms with Gasteiger partial charge in [0.15, 0.2) is 0 Å². The van der Waals surface area contributed by atoms with Gasteiger partial charge in [-0.1, -0.05) is 0 Å². The molecule has 0 saturated carbocycles. The van der Waals surface area contributed by atoms with Crippen LogP contribution in [0.2, 0.25) is 0 Å². The third kappa shape index (κ3) is 4.80. The largest absolute Gasteiger partial charge is 0.463 e. The van der Waals surface area contributed by atoms with E-state index in [4.69, 9.17) is 15.2 Å². The summed E-state index contributed by atoms with van der Waals surface area (Å²) in [5, 5.41) is 2.77. The second-order valence-electron chi connectivity index (χ2n) is 5.14. The van der Waals surface area contributed by atoms with E-state index in [2.05, 4.69) is 5.32 Å². The Morgan fingerprint density at radius 3 is 2.53 bits per heavy atom. The summed E-state index contributed by atoms with van der Waals surface area (Å²) in [6.07, 6.45) is 1.31. The van der Waals surface area contributed by atoms with Crippen molar-refractivity contribution in [2.75, 3.05) is 26.3 Å². The first-order valence-electron chi connectivity index (χ1n) is 6.76. The Morgan fingerprint density at radius 2 is 2.00 bits per heavy atom. The van der Waals surface area contributed by atoms with E-state index in [1.54, 1.807) is 13.8 Å². The zero-order chi connectivity index (χ0) is 14.3. The van der Waals surface area contributed by atoms with Crippen molar-refractivity contribution >= 4 is 11.9 Å². The lowest BCUT2D eigenvalue weighted by Crippen LogP contribution is -2.49. The van der Waals surface area contributed by atoms with Crippen LogP contribution in [0.3, 0.4) is 0 Å². The van der Waals surface area contributed by atoms with E-state index < -0.39 is 5.41 Å². The quantitative estimate of drug-likeness (QED) is 0.674. The zero-order valence-electron chi connectivity index (χ0n) is 11.7. The number of amides is 1. The first-order chi connectivity index (χ1) is 9.00. The number of hydrogen-bond donors (Lipinski definition) is 2. The van der Waals surface area contributed by atoms with E-state index in [0.717, 1.165) is 0 Å². The predicted molar refractivity (Wildman–Crippen MR) is 70.4 cm³/mol. The highest BCUT2D eigenvalue weighted by Crippen LogP contribution is 2.29. The van der Waals surface area contributed by atoms with Crippen molar-refractivity contribution in [3.8, 4) is 0 Å². The highest BCUT2D eigenvalue weighted by Gasteiger charge is 2.38. The van der Waals surface area contributed by atoms with Gasteiger partial charge in [0, 0.05) is 26.3 Å². The SMILES string of the molecule is CC(C)OC(=O)CCNC(=O)C1(CN)CCOCC1. The molecule has 0 spiro atoms. The predicted octanol–water partition coefficient (Wildman–Crippen LogP) is 0.200. The lowest BCUT2D eigenvalue weighted by Gasteiger charge is -2.34. The molecule has 0 aromatic rings. The molecule has 6 nitrogen and oxygen atoms in total. The van der Waals surface area contributed by atoms with Gasteiger partial charge in [0.05, 0.1) is 17.9 Å². The molecule has 0 bridgehead atoms. The minimum atomic E-state index is -0.541. The van der Waals surface area contributed by atoms with Gasteiger partial charge in [-0.25, -0.2) is 0 Å². The number of rotatable bonds is 6. The summed E-state index contributed by atoms with van der Waals surface area (Å²) in [5.41, 5.74) is 5.19. The molecule has 1 amide bonds. The van der Waals surface area contributed by atoms with Crippen LogP contribution in [-0.4, -0.2) is 44.3 Å². The van der Waals surface area contributed by atoms with Crippen LogP contribution in [-0.2, 0) is 19.1 Å². The fourth-order valence-electron chi connectivity index (χ4n) is 2.07. The molecule has 0 atom stereocenters. The number of nitrogens with one attached hydrogen (secondary N) is 1.